The first-order valence-corrected chi connectivity index (χ1v) is 11.2. The van der Waals surface area contributed by atoms with Gasteiger partial charge in [-0.05, 0) is 32.4 Å². The number of piperazine rings is 1. The van der Waals surface area contributed by atoms with Crippen molar-refractivity contribution in [3.63, 3.8) is 0 Å². The topological polar surface area (TPSA) is 92.5 Å². The van der Waals surface area contributed by atoms with Crippen LogP contribution in [0.4, 0.5) is 5.82 Å². The van der Waals surface area contributed by atoms with E-state index < -0.39 is 0 Å². The van der Waals surface area contributed by atoms with Gasteiger partial charge in [0.1, 0.15) is 27.3 Å². The summed E-state index contributed by atoms with van der Waals surface area (Å²) in [4.78, 5) is 13.6. The van der Waals surface area contributed by atoms with Crippen LogP contribution >= 0.6 is 11.3 Å². The number of nitriles is 1. The molecule has 3 aromatic rings. The average Bonchev–Trinajstić information content (AvgIpc) is 3.12. The summed E-state index contributed by atoms with van der Waals surface area (Å²) in [6.07, 6.45) is 0. The molecule has 2 unspecified atom stereocenters. The molecule has 32 heavy (non-hydrogen) atoms. The fraction of sp³-hybridized carbons (Fsp3) is 0.435. The van der Waals surface area contributed by atoms with Crippen LogP contribution in [0.25, 0.3) is 21.6 Å². The summed E-state index contributed by atoms with van der Waals surface area (Å²) in [7, 11) is 4.78. The Morgan fingerprint density at radius 1 is 1.03 bits per heavy atom. The predicted molar refractivity (Wildman–Crippen MR) is 126 cm³/mol. The molecule has 0 aliphatic carbocycles. The number of benzene rings is 1. The Bertz CT molecular complexity index is 1190. The number of anilines is 1. The Morgan fingerprint density at radius 3 is 2.25 bits per heavy atom. The van der Waals surface area contributed by atoms with Gasteiger partial charge in [0, 0.05) is 31.2 Å². The Kier molecular flexibility index (Phi) is 6.09. The zero-order chi connectivity index (χ0) is 23.0. The van der Waals surface area contributed by atoms with Gasteiger partial charge in [0.2, 0.25) is 0 Å². The molecule has 0 bridgehead atoms. The average molecular weight is 454 g/mol. The smallest absolute Gasteiger partial charge is 0.167 e. The Morgan fingerprint density at radius 2 is 1.66 bits per heavy atom. The van der Waals surface area contributed by atoms with Crippen LogP contribution in [-0.2, 0) is 0 Å². The van der Waals surface area contributed by atoms with Crippen molar-refractivity contribution >= 4 is 27.4 Å². The number of hydrogen-bond donors (Lipinski definition) is 1. The molecule has 1 aliphatic rings. The van der Waals surface area contributed by atoms with Crippen LogP contribution in [0.2, 0.25) is 0 Å². The number of ether oxygens (including phenoxy) is 3. The number of fused-ring (bicyclic) bond motifs is 1. The monoisotopic (exact) mass is 453 g/mol. The molecular weight excluding hydrogens is 426 g/mol. The second kappa shape index (κ2) is 8.81. The molecule has 2 atom stereocenters. The van der Waals surface area contributed by atoms with Crippen LogP contribution in [0.15, 0.2) is 12.1 Å². The molecule has 3 heterocycles. The van der Waals surface area contributed by atoms with E-state index in [9.17, 15) is 5.26 Å². The molecule has 0 amide bonds. The fourth-order valence-corrected chi connectivity index (χ4v) is 5.25. The van der Waals surface area contributed by atoms with Gasteiger partial charge in [-0.15, -0.1) is 11.3 Å². The molecule has 8 nitrogen and oxygen atoms in total. The largest absolute Gasteiger partial charge is 0.496 e. The fourth-order valence-electron chi connectivity index (χ4n) is 4.28. The van der Waals surface area contributed by atoms with Crippen LogP contribution in [0.3, 0.4) is 0 Å². The van der Waals surface area contributed by atoms with E-state index in [4.69, 9.17) is 24.2 Å². The number of nitrogens with zero attached hydrogens (tertiary/aromatic N) is 4. The summed E-state index contributed by atoms with van der Waals surface area (Å²) in [5.74, 6) is 3.09. The highest BCUT2D eigenvalue weighted by atomic mass is 32.1. The first kappa shape index (κ1) is 22.1. The lowest BCUT2D eigenvalue weighted by Gasteiger charge is -2.37. The van der Waals surface area contributed by atoms with E-state index in [0.717, 1.165) is 34.7 Å². The summed E-state index contributed by atoms with van der Waals surface area (Å²) < 4.78 is 16.6. The van der Waals surface area contributed by atoms with E-state index in [1.807, 2.05) is 13.0 Å². The molecule has 9 heteroatoms. The van der Waals surface area contributed by atoms with Crippen molar-refractivity contribution in [1.29, 1.82) is 5.26 Å². The van der Waals surface area contributed by atoms with Gasteiger partial charge in [0.05, 0.1) is 32.3 Å². The maximum absolute atomic E-state index is 9.64. The molecule has 1 N–H and O–H groups in total. The van der Waals surface area contributed by atoms with E-state index in [1.54, 1.807) is 27.4 Å². The quantitative estimate of drug-likeness (QED) is 0.624. The summed E-state index contributed by atoms with van der Waals surface area (Å²) in [5.41, 5.74) is 1.63. The third-order valence-corrected chi connectivity index (χ3v) is 6.77. The number of rotatable bonds is 5. The molecule has 1 aliphatic heterocycles. The lowest BCUT2D eigenvalue weighted by molar-refractivity contribution is 0.349. The highest BCUT2D eigenvalue weighted by Crippen LogP contribution is 2.42. The van der Waals surface area contributed by atoms with E-state index in [1.165, 1.54) is 11.3 Å². The number of aromatic nitrogens is 2. The van der Waals surface area contributed by atoms with Crippen LogP contribution < -0.4 is 24.4 Å². The van der Waals surface area contributed by atoms with Crippen LogP contribution in [0, 0.1) is 18.3 Å². The van der Waals surface area contributed by atoms with Crippen molar-refractivity contribution in [1.82, 2.24) is 15.3 Å². The Hall–Kier alpha value is -3.09. The summed E-state index contributed by atoms with van der Waals surface area (Å²) in [6, 6.07) is 6.55. The molecule has 1 saturated heterocycles. The van der Waals surface area contributed by atoms with E-state index in [-0.39, 0.29) is 0 Å². The van der Waals surface area contributed by atoms with Crippen molar-refractivity contribution in [2.24, 2.45) is 0 Å². The first-order chi connectivity index (χ1) is 15.4. The van der Waals surface area contributed by atoms with Gasteiger partial charge in [0.15, 0.2) is 17.3 Å². The highest BCUT2D eigenvalue weighted by Gasteiger charge is 2.27. The SMILES string of the molecule is COc1cc(OC)c(-c2nc(N3CC(C)NC(C)C3)c3c(C)c(C#N)sc3n2)cc1OC. The number of thiophene rings is 1. The molecule has 0 saturated carbocycles. The molecule has 168 valence electrons. The highest BCUT2D eigenvalue weighted by molar-refractivity contribution is 7.19. The molecule has 0 radical (unpaired) electrons. The number of methoxy groups -OCH3 is 3. The molecule has 1 aromatic carbocycles. The third-order valence-electron chi connectivity index (χ3n) is 5.68. The van der Waals surface area contributed by atoms with Gasteiger partial charge >= 0.3 is 0 Å². The van der Waals surface area contributed by atoms with Gasteiger partial charge in [-0.3, -0.25) is 0 Å². The number of aryl methyl sites for hydroxylation is 1. The van der Waals surface area contributed by atoms with Gasteiger partial charge in [-0.25, -0.2) is 9.97 Å². The maximum Gasteiger partial charge on any atom is 0.167 e. The normalized spacial score (nSPS) is 18.5. The van der Waals surface area contributed by atoms with Gasteiger partial charge in [0.25, 0.3) is 0 Å². The van der Waals surface area contributed by atoms with Crippen LogP contribution in [-0.4, -0.2) is 56.5 Å². The number of nitrogens with one attached hydrogen (secondary N) is 1. The minimum atomic E-state index is 0.317. The standard InChI is InChI=1S/C23H27N5O3S/c1-12-10-28(11-13(2)25-12)22-20-14(3)19(9-24)32-23(20)27-21(26-22)15-7-17(30-5)18(31-6)8-16(15)29-4/h7-8,12-13,25H,10-11H2,1-6H3. The molecular formula is C23H27N5O3S. The third kappa shape index (κ3) is 3.80. The Labute approximate surface area is 191 Å². The molecule has 4 rings (SSSR count). The van der Waals surface area contributed by atoms with Crippen LogP contribution in [0.5, 0.6) is 17.2 Å². The summed E-state index contributed by atoms with van der Waals surface area (Å²) >= 11 is 1.39. The first-order valence-electron chi connectivity index (χ1n) is 10.4. The van der Waals surface area contributed by atoms with Gasteiger partial charge in [-0.1, -0.05) is 0 Å². The number of hydrogen-bond acceptors (Lipinski definition) is 9. The summed E-state index contributed by atoms with van der Waals surface area (Å²) in [5, 5.41) is 14.1. The van der Waals surface area contributed by atoms with Crippen molar-refractivity contribution in [3.05, 3.63) is 22.6 Å². The molecule has 0 spiro atoms. The molecule has 1 fully saturated rings. The maximum atomic E-state index is 9.64. The second-order valence-electron chi connectivity index (χ2n) is 8.00. The van der Waals surface area contributed by atoms with Gasteiger partial charge in [-0.2, -0.15) is 5.26 Å². The van der Waals surface area contributed by atoms with E-state index >= 15 is 0 Å². The van der Waals surface area contributed by atoms with Crippen molar-refractivity contribution in [3.8, 4) is 34.7 Å². The second-order valence-corrected chi connectivity index (χ2v) is 9.00. The zero-order valence-electron chi connectivity index (χ0n) is 19.1. The predicted octanol–water partition coefficient (Wildman–Crippen LogP) is 3.75. The minimum Gasteiger partial charge on any atom is -0.496 e. The van der Waals surface area contributed by atoms with E-state index in [2.05, 4.69) is 30.1 Å². The van der Waals surface area contributed by atoms with Gasteiger partial charge < -0.3 is 24.4 Å². The zero-order valence-corrected chi connectivity index (χ0v) is 20.0. The summed E-state index contributed by atoms with van der Waals surface area (Å²) in [6.45, 7) is 7.93. The van der Waals surface area contributed by atoms with Crippen molar-refractivity contribution in [2.45, 2.75) is 32.9 Å². The van der Waals surface area contributed by atoms with Crippen molar-refractivity contribution < 1.29 is 14.2 Å². The Balaban J connectivity index is 1.97. The lowest BCUT2D eigenvalue weighted by Crippen LogP contribution is -2.54. The van der Waals surface area contributed by atoms with Crippen molar-refractivity contribution in [2.75, 3.05) is 39.3 Å². The van der Waals surface area contributed by atoms with E-state index in [0.29, 0.717) is 45.6 Å². The van der Waals surface area contributed by atoms with Crippen LogP contribution in [0.1, 0.15) is 24.3 Å². The lowest BCUT2D eigenvalue weighted by atomic mass is 10.1. The molecule has 2 aromatic heterocycles. The minimum absolute atomic E-state index is 0.317.